The lowest BCUT2D eigenvalue weighted by Crippen LogP contribution is -2.22. The van der Waals surface area contributed by atoms with Crippen molar-refractivity contribution in [1.82, 2.24) is 5.43 Å². The molecular weight excluding hydrogens is 384 g/mol. The summed E-state index contributed by atoms with van der Waals surface area (Å²) >= 11 is 0. The Labute approximate surface area is 184 Å². The van der Waals surface area contributed by atoms with Gasteiger partial charge in [-0.1, -0.05) is 67.6 Å². The topological polar surface area (TPSA) is 50.7 Å². The molecule has 3 aromatic carbocycles. The molecule has 0 aliphatic heterocycles. The molecule has 1 aliphatic rings. The van der Waals surface area contributed by atoms with E-state index in [1.54, 1.807) is 0 Å². The smallest absolute Gasteiger partial charge is 0.271 e. The number of ether oxygens (including phenoxy) is 1. The molecule has 4 nitrogen and oxygen atoms in total. The van der Waals surface area contributed by atoms with Gasteiger partial charge in [-0.15, -0.1) is 0 Å². The van der Waals surface area contributed by atoms with Crippen molar-refractivity contribution in [2.24, 2.45) is 11.0 Å². The molecule has 1 aliphatic carbocycles. The van der Waals surface area contributed by atoms with E-state index >= 15 is 0 Å². The maximum Gasteiger partial charge on any atom is 0.271 e. The third-order valence-electron chi connectivity index (χ3n) is 5.64. The molecule has 1 fully saturated rings. The number of amides is 1. The van der Waals surface area contributed by atoms with Crippen LogP contribution in [0.5, 0.6) is 5.75 Å². The van der Waals surface area contributed by atoms with Crippen LogP contribution < -0.4 is 10.2 Å². The minimum Gasteiger partial charge on any atom is -0.488 e. The number of rotatable bonds is 6. The van der Waals surface area contributed by atoms with Gasteiger partial charge in [-0.2, -0.15) is 5.10 Å². The Bertz CT molecular complexity index is 1040. The first-order valence-corrected chi connectivity index (χ1v) is 10.9. The van der Waals surface area contributed by atoms with Crippen molar-refractivity contribution >= 4 is 11.6 Å². The predicted octanol–water partition coefficient (Wildman–Crippen LogP) is 6.23. The molecule has 1 saturated carbocycles. The zero-order valence-electron chi connectivity index (χ0n) is 17.9. The molecule has 0 spiro atoms. The molecule has 31 heavy (non-hydrogen) atoms. The Morgan fingerprint density at radius 3 is 2.52 bits per heavy atom. The summed E-state index contributed by atoms with van der Waals surface area (Å²) in [5.74, 6) is 1.32. The fourth-order valence-electron chi connectivity index (χ4n) is 3.92. The molecule has 1 atom stereocenters. The van der Waals surface area contributed by atoms with Gasteiger partial charge >= 0.3 is 0 Å². The minimum atomic E-state index is -0.174. The van der Waals surface area contributed by atoms with Crippen molar-refractivity contribution in [3.05, 3.63) is 90.0 Å². The van der Waals surface area contributed by atoms with Crippen LogP contribution in [0.25, 0.3) is 11.1 Å². The molecule has 0 bridgehead atoms. The molecule has 0 heterocycles. The van der Waals surface area contributed by atoms with E-state index in [-0.39, 0.29) is 5.91 Å². The summed E-state index contributed by atoms with van der Waals surface area (Å²) < 4.78 is 6.09. The summed E-state index contributed by atoms with van der Waals surface area (Å²) in [7, 11) is 0. The highest BCUT2D eigenvalue weighted by molar-refractivity contribution is 5.95. The monoisotopic (exact) mass is 412 g/mol. The Kier molecular flexibility index (Phi) is 6.78. The number of carbonyl (C=O) groups excluding carboxylic acids is 1. The second-order valence-corrected chi connectivity index (χ2v) is 8.17. The van der Waals surface area contributed by atoms with E-state index in [1.807, 2.05) is 60.7 Å². The van der Waals surface area contributed by atoms with Crippen LogP contribution in [0.15, 0.2) is 84.0 Å². The highest BCUT2D eigenvalue weighted by Gasteiger charge is 2.14. The molecule has 0 radical (unpaired) electrons. The number of benzene rings is 3. The zero-order chi connectivity index (χ0) is 21.5. The number of nitrogens with one attached hydrogen (secondary N) is 1. The first-order chi connectivity index (χ1) is 15.2. The Morgan fingerprint density at radius 1 is 1.00 bits per heavy atom. The van der Waals surface area contributed by atoms with Gasteiger partial charge in [0.05, 0.1) is 0 Å². The van der Waals surface area contributed by atoms with Gasteiger partial charge in [0.2, 0.25) is 0 Å². The van der Waals surface area contributed by atoms with Gasteiger partial charge in [-0.05, 0) is 60.9 Å². The minimum absolute atomic E-state index is 0.174. The summed E-state index contributed by atoms with van der Waals surface area (Å²) in [6, 6.07) is 25.7. The SMILES string of the molecule is CC1CCC/C(=N\NC(=O)c2ccc(COc3ccccc3-c3ccccc3)cc2)C1. The van der Waals surface area contributed by atoms with E-state index in [2.05, 4.69) is 35.7 Å². The molecule has 3 aromatic rings. The zero-order valence-corrected chi connectivity index (χ0v) is 17.9. The second kappa shape index (κ2) is 10.1. The van der Waals surface area contributed by atoms with Gasteiger partial charge in [0.25, 0.3) is 5.91 Å². The van der Waals surface area contributed by atoms with Crippen molar-refractivity contribution in [3.8, 4) is 16.9 Å². The summed E-state index contributed by atoms with van der Waals surface area (Å²) in [4.78, 5) is 12.4. The molecule has 1 N–H and O–H groups in total. The first-order valence-electron chi connectivity index (χ1n) is 10.9. The van der Waals surface area contributed by atoms with E-state index in [9.17, 15) is 4.79 Å². The predicted molar refractivity (Wildman–Crippen MR) is 125 cm³/mol. The Hall–Kier alpha value is -3.40. The van der Waals surface area contributed by atoms with Crippen LogP contribution in [0, 0.1) is 5.92 Å². The van der Waals surface area contributed by atoms with E-state index in [0.29, 0.717) is 18.1 Å². The number of hydrazone groups is 1. The normalized spacial score (nSPS) is 17.3. The Balaban J connectivity index is 1.36. The number of hydrogen-bond acceptors (Lipinski definition) is 3. The largest absolute Gasteiger partial charge is 0.488 e. The fourth-order valence-corrected chi connectivity index (χ4v) is 3.92. The lowest BCUT2D eigenvalue weighted by Gasteiger charge is -2.18. The molecule has 158 valence electrons. The Morgan fingerprint density at radius 2 is 1.74 bits per heavy atom. The highest BCUT2D eigenvalue weighted by atomic mass is 16.5. The van der Waals surface area contributed by atoms with Gasteiger partial charge in [-0.3, -0.25) is 4.79 Å². The number of para-hydroxylation sites is 1. The van der Waals surface area contributed by atoms with Crippen LogP contribution in [-0.2, 0) is 6.61 Å². The quantitative estimate of drug-likeness (QED) is 0.488. The average Bonchev–Trinajstić information content (AvgIpc) is 2.82. The van der Waals surface area contributed by atoms with Gasteiger partial charge in [0.15, 0.2) is 0 Å². The lowest BCUT2D eigenvalue weighted by molar-refractivity contribution is 0.0954. The highest BCUT2D eigenvalue weighted by Crippen LogP contribution is 2.30. The summed E-state index contributed by atoms with van der Waals surface area (Å²) in [5, 5.41) is 4.34. The van der Waals surface area contributed by atoms with Crippen molar-refractivity contribution in [2.45, 2.75) is 39.2 Å². The van der Waals surface area contributed by atoms with E-state index in [4.69, 9.17) is 4.74 Å². The molecule has 1 amide bonds. The first kappa shape index (κ1) is 20.9. The maximum absolute atomic E-state index is 12.4. The maximum atomic E-state index is 12.4. The van der Waals surface area contributed by atoms with Gasteiger partial charge in [0, 0.05) is 16.8 Å². The van der Waals surface area contributed by atoms with Gasteiger partial charge in [0.1, 0.15) is 12.4 Å². The summed E-state index contributed by atoms with van der Waals surface area (Å²) in [6.45, 7) is 2.67. The van der Waals surface area contributed by atoms with Crippen LogP contribution in [0.4, 0.5) is 0 Å². The van der Waals surface area contributed by atoms with Gasteiger partial charge < -0.3 is 4.74 Å². The summed E-state index contributed by atoms with van der Waals surface area (Å²) in [6.07, 6.45) is 4.34. The van der Waals surface area contributed by atoms with Crippen LogP contribution in [0.1, 0.15) is 48.5 Å². The van der Waals surface area contributed by atoms with Crippen molar-refractivity contribution in [3.63, 3.8) is 0 Å². The number of nitrogens with zero attached hydrogens (tertiary/aromatic N) is 1. The van der Waals surface area contributed by atoms with E-state index in [0.717, 1.165) is 47.4 Å². The van der Waals surface area contributed by atoms with Crippen LogP contribution in [0.2, 0.25) is 0 Å². The van der Waals surface area contributed by atoms with Crippen molar-refractivity contribution < 1.29 is 9.53 Å². The third kappa shape index (κ3) is 5.60. The van der Waals surface area contributed by atoms with Gasteiger partial charge in [-0.25, -0.2) is 5.43 Å². The van der Waals surface area contributed by atoms with Crippen molar-refractivity contribution in [2.75, 3.05) is 0 Å². The molecule has 1 unspecified atom stereocenters. The van der Waals surface area contributed by atoms with E-state index in [1.165, 1.54) is 6.42 Å². The average molecular weight is 413 g/mol. The summed E-state index contributed by atoms with van der Waals surface area (Å²) in [5.41, 5.74) is 7.60. The van der Waals surface area contributed by atoms with Crippen molar-refractivity contribution in [1.29, 1.82) is 0 Å². The molecular formula is C27H28N2O2. The number of carbonyl (C=O) groups is 1. The molecule has 0 saturated heterocycles. The standard InChI is InChI=1S/C27H28N2O2/c1-20-8-7-11-24(18-20)28-29-27(30)23-16-14-21(15-17-23)19-31-26-13-6-5-12-25(26)22-9-3-2-4-10-22/h2-6,9-10,12-17,20H,7-8,11,18-19H2,1H3,(H,29,30)/b28-24+. The van der Waals surface area contributed by atoms with Crippen LogP contribution in [0.3, 0.4) is 0 Å². The third-order valence-corrected chi connectivity index (χ3v) is 5.64. The van der Waals surface area contributed by atoms with E-state index < -0.39 is 0 Å². The molecule has 4 heteroatoms. The molecule has 4 rings (SSSR count). The van der Waals surface area contributed by atoms with Crippen LogP contribution in [-0.4, -0.2) is 11.6 Å². The second-order valence-electron chi connectivity index (χ2n) is 8.17. The number of hydrogen-bond donors (Lipinski definition) is 1. The molecule has 0 aromatic heterocycles. The van der Waals surface area contributed by atoms with Crippen LogP contribution >= 0.6 is 0 Å². The lowest BCUT2D eigenvalue weighted by atomic mass is 9.89. The fraction of sp³-hybridized carbons (Fsp3) is 0.259.